The smallest absolute Gasteiger partial charge is 0.138 e. The van der Waals surface area contributed by atoms with E-state index >= 15 is 0 Å². The third-order valence-electron chi connectivity index (χ3n) is 1.83. The zero-order chi connectivity index (χ0) is 8.97. The fourth-order valence-corrected chi connectivity index (χ4v) is 1.18. The summed E-state index contributed by atoms with van der Waals surface area (Å²) in [5.41, 5.74) is 6.60. The van der Waals surface area contributed by atoms with Crippen LogP contribution in [0.5, 0.6) is 5.75 Å². The van der Waals surface area contributed by atoms with Crippen molar-refractivity contribution >= 4 is 0 Å². The fourth-order valence-electron chi connectivity index (χ4n) is 1.18. The number of aromatic hydroxyl groups is 1. The van der Waals surface area contributed by atoms with E-state index in [9.17, 15) is 5.11 Å². The normalized spacial score (nSPS) is 12.8. The SMILES string of the molecule is CCCC(N)c1ccncc1O. The lowest BCUT2D eigenvalue weighted by atomic mass is 10.0. The molecule has 0 aliphatic rings. The van der Waals surface area contributed by atoms with Crippen molar-refractivity contribution in [2.75, 3.05) is 0 Å². The van der Waals surface area contributed by atoms with Gasteiger partial charge in [0, 0.05) is 17.8 Å². The minimum atomic E-state index is -0.0713. The van der Waals surface area contributed by atoms with Crippen LogP contribution in [0.1, 0.15) is 31.4 Å². The summed E-state index contributed by atoms with van der Waals surface area (Å²) in [4.78, 5) is 3.78. The molecule has 3 heteroatoms. The molecule has 0 aliphatic carbocycles. The molecule has 0 bridgehead atoms. The summed E-state index contributed by atoms with van der Waals surface area (Å²) in [6, 6.07) is 1.69. The van der Waals surface area contributed by atoms with Crippen molar-refractivity contribution in [1.82, 2.24) is 4.98 Å². The molecule has 0 fully saturated rings. The Morgan fingerprint density at radius 2 is 2.42 bits per heavy atom. The van der Waals surface area contributed by atoms with Gasteiger partial charge in [-0.05, 0) is 12.5 Å². The molecule has 0 spiro atoms. The molecular weight excluding hydrogens is 152 g/mol. The topological polar surface area (TPSA) is 59.1 Å². The van der Waals surface area contributed by atoms with Gasteiger partial charge in [-0.2, -0.15) is 0 Å². The quantitative estimate of drug-likeness (QED) is 0.716. The zero-order valence-corrected chi connectivity index (χ0v) is 7.20. The second-order valence-electron chi connectivity index (χ2n) is 2.83. The van der Waals surface area contributed by atoms with E-state index in [1.54, 1.807) is 12.3 Å². The molecule has 0 aliphatic heterocycles. The predicted molar refractivity (Wildman–Crippen MR) is 47.7 cm³/mol. The zero-order valence-electron chi connectivity index (χ0n) is 7.20. The third kappa shape index (κ3) is 1.95. The lowest BCUT2D eigenvalue weighted by Crippen LogP contribution is -2.09. The van der Waals surface area contributed by atoms with Crippen LogP contribution in [0.4, 0.5) is 0 Å². The number of hydrogen-bond acceptors (Lipinski definition) is 3. The van der Waals surface area contributed by atoms with Crippen LogP contribution in [-0.4, -0.2) is 10.1 Å². The number of rotatable bonds is 3. The number of pyridine rings is 1. The molecule has 3 nitrogen and oxygen atoms in total. The third-order valence-corrected chi connectivity index (χ3v) is 1.83. The van der Waals surface area contributed by atoms with Crippen LogP contribution in [0.15, 0.2) is 18.5 Å². The van der Waals surface area contributed by atoms with E-state index in [4.69, 9.17) is 5.73 Å². The molecule has 0 amide bonds. The fraction of sp³-hybridized carbons (Fsp3) is 0.444. The highest BCUT2D eigenvalue weighted by Crippen LogP contribution is 2.23. The van der Waals surface area contributed by atoms with Crippen molar-refractivity contribution in [3.63, 3.8) is 0 Å². The molecule has 3 N–H and O–H groups in total. The molecule has 66 valence electrons. The van der Waals surface area contributed by atoms with Crippen LogP contribution >= 0.6 is 0 Å². The maximum atomic E-state index is 9.37. The highest BCUT2D eigenvalue weighted by atomic mass is 16.3. The number of hydrogen-bond donors (Lipinski definition) is 2. The summed E-state index contributed by atoms with van der Waals surface area (Å²) in [5, 5.41) is 9.37. The molecule has 0 saturated carbocycles. The van der Waals surface area contributed by atoms with E-state index in [0.29, 0.717) is 0 Å². The second kappa shape index (κ2) is 4.07. The number of nitrogens with two attached hydrogens (primary N) is 1. The highest BCUT2D eigenvalue weighted by Gasteiger charge is 2.08. The van der Waals surface area contributed by atoms with Crippen LogP contribution < -0.4 is 5.73 Å². The van der Waals surface area contributed by atoms with E-state index in [-0.39, 0.29) is 11.8 Å². The predicted octanol–water partition coefficient (Wildman–Crippen LogP) is 1.59. The first-order chi connectivity index (χ1) is 5.75. The van der Waals surface area contributed by atoms with Crippen LogP contribution in [-0.2, 0) is 0 Å². The van der Waals surface area contributed by atoms with Crippen molar-refractivity contribution in [2.24, 2.45) is 5.73 Å². The van der Waals surface area contributed by atoms with Gasteiger partial charge in [-0.15, -0.1) is 0 Å². The second-order valence-corrected chi connectivity index (χ2v) is 2.83. The van der Waals surface area contributed by atoms with Crippen LogP contribution in [0.25, 0.3) is 0 Å². The van der Waals surface area contributed by atoms with Crippen molar-refractivity contribution in [3.05, 3.63) is 24.0 Å². The Morgan fingerprint density at radius 1 is 1.67 bits per heavy atom. The van der Waals surface area contributed by atoms with Crippen molar-refractivity contribution in [2.45, 2.75) is 25.8 Å². The summed E-state index contributed by atoms with van der Waals surface area (Å²) in [6.45, 7) is 2.07. The van der Waals surface area contributed by atoms with Gasteiger partial charge in [-0.3, -0.25) is 4.98 Å². The van der Waals surface area contributed by atoms with Gasteiger partial charge in [-0.25, -0.2) is 0 Å². The highest BCUT2D eigenvalue weighted by molar-refractivity contribution is 5.30. The monoisotopic (exact) mass is 166 g/mol. The Bertz CT molecular complexity index is 250. The van der Waals surface area contributed by atoms with E-state index in [1.165, 1.54) is 6.20 Å². The van der Waals surface area contributed by atoms with Crippen LogP contribution in [0.2, 0.25) is 0 Å². The molecular formula is C9H14N2O. The van der Waals surface area contributed by atoms with Crippen molar-refractivity contribution in [3.8, 4) is 5.75 Å². The van der Waals surface area contributed by atoms with Gasteiger partial charge < -0.3 is 10.8 Å². The molecule has 1 aromatic rings. The molecule has 1 unspecified atom stereocenters. The Balaban J connectivity index is 2.79. The molecule has 12 heavy (non-hydrogen) atoms. The lowest BCUT2D eigenvalue weighted by Gasteiger charge is -2.11. The van der Waals surface area contributed by atoms with Crippen molar-refractivity contribution < 1.29 is 5.11 Å². The Kier molecular flexibility index (Phi) is 3.05. The summed E-state index contributed by atoms with van der Waals surface area (Å²) in [7, 11) is 0. The lowest BCUT2D eigenvalue weighted by molar-refractivity contribution is 0.455. The molecule has 1 atom stereocenters. The summed E-state index contributed by atoms with van der Waals surface area (Å²) >= 11 is 0. The molecule has 1 heterocycles. The molecule has 0 radical (unpaired) electrons. The standard InChI is InChI=1S/C9H14N2O/c1-2-3-8(10)7-4-5-11-6-9(7)12/h4-6,8,12H,2-3,10H2,1H3. The van der Waals surface area contributed by atoms with Gasteiger partial charge in [0.05, 0.1) is 6.20 Å². The number of aromatic nitrogens is 1. The first-order valence-electron chi connectivity index (χ1n) is 4.14. The van der Waals surface area contributed by atoms with Crippen molar-refractivity contribution in [1.29, 1.82) is 0 Å². The summed E-state index contributed by atoms with van der Waals surface area (Å²) in [6.07, 6.45) is 4.97. The molecule has 1 rings (SSSR count). The molecule has 0 aromatic carbocycles. The van der Waals surface area contributed by atoms with Crippen LogP contribution in [0.3, 0.4) is 0 Å². The summed E-state index contributed by atoms with van der Waals surface area (Å²) < 4.78 is 0. The average Bonchev–Trinajstić information content (AvgIpc) is 2.05. The maximum absolute atomic E-state index is 9.37. The minimum Gasteiger partial charge on any atom is -0.506 e. The first-order valence-corrected chi connectivity index (χ1v) is 4.14. The summed E-state index contributed by atoms with van der Waals surface area (Å²) in [5.74, 6) is 0.193. The Hall–Kier alpha value is -1.09. The Labute approximate surface area is 72.2 Å². The Morgan fingerprint density at radius 3 is 3.00 bits per heavy atom. The molecule has 1 aromatic heterocycles. The largest absolute Gasteiger partial charge is 0.506 e. The maximum Gasteiger partial charge on any atom is 0.138 e. The van der Waals surface area contributed by atoms with Gasteiger partial charge >= 0.3 is 0 Å². The van der Waals surface area contributed by atoms with E-state index in [0.717, 1.165) is 18.4 Å². The average molecular weight is 166 g/mol. The van der Waals surface area contributed by atoms with E-state index in [2.05, 4.69) is 11.9 Å². The van der Waals surface area contributed by atoms with E-state index in [1.807, 2.05) is 0 Å². The van der Waals surface area contributed by atoms with Crippen LogP contribution in [0, 0.1) is 0 Å². The van der Waals surface area contributed by atoms with Gasteiger partial charge in [0.25, 0.3) is 0 Å². The van der Waals surface area contributed by atoms with Gasteiger partial charge in [0.15, 0.2) is 0 Å². The first kappa shape index (κ1) is 9.00. The van der Waals surface area contributed by atoms with Gasteiger partial charge in [-0.1, -0.05) is 13.3 Å². The van der Waals surface area contributed by atoms with Gasteiger partial charge in [0.2, 0.25) is 0 Å². The number of nitrogens with zero attached hydrogens (tertiary/aromatic N) is 1. The van der Waals surface area contributed by atoms with Gasteiger partial charge in [0.1, 0.15) is 5.75 Å². The van der Waals surface area contributed by atoms with E-state index < -0.39 is 0 Å². The molecule has 0 saturated heterocycles. The minimum absolute atomic E-state index is 0.0713.